The Bertz CT molecular complexity index is 953. The number of aliphatic carboxylic acids is 1. The van der Waals surface area contributed by atoms with E-state index in [0.29, 0.717) is 6.54 Å². The summed E-state index contributed by atoms with van der Waals surface area (Å²) in [6.45, 7) is 2.58. The largest absolute Gasteiger partial charge is 0.481 e. The van der Waals surface area contributed by atoms with E-state index < -0.39 is 16.2 Å². The lowest BCUT2D eigenvalue weighted by atomic mass is 10.0. The minimum absolute atomic E-state index is 0.113. The van der Waals surface area contributed by atoms with Gasteiger partial charge in [-0.1, -0.05) is 55.5 Å². The molecule has 1 aromatic heterocycles. The van der Waals surface area contributed by atoms with Crippen LogP contribution in [0.3, 0.4) is 0 Å². The molecular formula is C22H22ClNO6. The first kappa shape index (κ1) is 23.5. The number of pyridine rings is 1. The second-order valence-corrected chi connectivity index (χ2v) is 7.14. The van der Waals surface area contributed by atoms with Gasteiger partial charge in [0.2, 0.25) is 5.69 Å². The molecule has 0 radical (unpaired) electrons. The predicted octanol–water partition coefficient (Wildman–Crippen LogP) is -0.411. The highest BCUT2D eigenvalue weighted by molar-refractivity contribution is 5.69. The number of carbonyl (C=O) groups is 1. The van der Waals surface area contributed by atoms with Crippen LogP contribution in [0.5, 0.6) is 0 Å². The normalized spacial score (nSPS) is 10.8. The number of aryl methyl sites for hydroxylation is 1. The first-order chi connectivity index (χ1) is 14.2. The highest BCUT2D eigenvalue weighted by Crippen LogP contribution is 2.25. The van der Waals surface area contributed by atoms with Crippen LogP contribution in [-0.4, -0.2) is 11.1 Å². The molecule has 3 aromatic rings. The topological polar surface area (TPSA) is 133 Å². The van der Waals surface area contributed by atoms with E-state index in [1.165, 1.54) is 5.56 Å². The maximum Gasteiger partial charge on any atom is 0.309 e. The zero-order valence-corrected chi connectivity index (χ0v) is 17.1. The molecule has 2 aromatic carbocycles. The van der Waals surface area contributed by atoms with Crippen LogP contribution in [-0.2, 0) is 17.8 Å². The Labute approximate surface area is 176 Å². The van der Waals surface area contributed by atoms with Gasteiger partial charge in [0.15, 0.2) is 12.2 Å². The number of benzene rings is 2. The molecule has 0 fully saturated rings. The van der Waals surface area contributed by atoms with Gasteiger partial charge in [-0.2, -0.15) is 4.57 Å². The summed E-state index contributed by atoms with van der Waals surface area (Å²) in [6, 6.07) is 24.8. The fourth-order valence-electron chi connectivity index (χ4n) is 3.09. The third-order valence-corrected chi connectivity index (χ3v) is 4.34. The number of carboxylic acid groups (broad SMARTS) is 1. The second kappa shape index (κ2) is 10.8. The molecule has 0 atom stereocenters. The Hall–Kier alpha value is -2.81. The van der Waals surface area contributed by atoms with Gasteiger partial charge in [0.1, 0.15) is 6.42 Å². The van der Waals surface area contributed by atoms with Crippen molar-refractivity contribution in [1.29, 1.82) is 0 Å². The number of carboxylic acids is 1. The molecule has 0 amide bonds. The average molecular weight is 432 g/mol. The molecule has 0 saturated carbocycles. The maximum absolute atomic E-state index is 11.1. The Balaban J connectivity index is 0.000000575. The second-order valence-electron chi connectivity index (χ2n) is 6.38. The molecule has 7 nitrogen and oxygen atoms in total. The lowest BCUT2D eigenvalue weighted by molar-refractivity contribution is -2.00. The van der Waals surface area contributed by atoms with Gasteiger partial charge in [0, 0.05) is 24.1 Å². The lowest BCUT2D eigenvalue weighted by Crippen LogP contribution is -2.68. The molecule has 3 rings (SSSR count). The number of hydrogen-bond donors (Lipinski definition) is 1. The molecule has 30 heavy (non-hydrogen) atoms. The summed E-state index contributed by atoms with van der Waals surface area (Å²) >= 11 is 0. The SMILES string of the molecule is CCc1cc(-c2ccccc2)cc(-c2ccccc2)[n+]1CCC(=O)O.[O-][Cl+3]([O-])([O-])[O-]. The highest BCUT2D eigenvalue weighted by atomic mass is 35.7. The van der Waals surface area contributed by atoms with Gasteiger partial charge in [-0.3, -0.25) is 4.79 Å². The number of nitrogens with zero attached hydrogens (tertiary/aromatic N) is 1. The van der Waals surface area contributed by atoms with Crippen molar-refractivity contribution in [3.63, 3.8) is 0 Å². The number of hydrogen-bond acceptors (Lipinski definition) is 5. The summed E-state index contributed by atoms with van der Waals surface area (Å²) < 4.78 is 36.1. The molecule has 0 spiro atoms. The van der Waals surface area contributed by atoms with Crippen molar-refractivity contribution >= 4 is 5.97 Å². The zero-order chi connectivity index (χ0) is 22.1. The van der Waals surface area contributed by atoms with Gasteiger partial charge >= 0.3 is 5.97 Å². The summed E-state index contributed by atoms with van der Waals surface area (Å²) in [7, 11) is -4.94. The molecule has 1 heterocycles. The highest BCUT2D eigenvalue weighted by Gasteiger charge is 2.21. The van der Waals surface area contributed by atoms with E-state index in [9.17, 15) is 4.79 Å². The van der Waals surface area contributed by atoms with E-state index >= 15 is 0 Å². The summed E-state index contributed by atoms with van der Waals surface area (Å²) in [4.78, 5) is 11.1. The third-order valence-electron chi connectivity index (χ3n) is 4.34. The first-order valence-corrected chi connectivity index (χ1v) is 10.4. The van der Waals surface area contributed by atoms with Crippen LogP contribution in [0.15, 0.2) is 72.8 Å². The fourth-order valence-corrected chi connectivity index (χ4v) is 3.09. The van der Waals surface area contributed by atoms with E-state index in [4.69, 9.17) is 23.7 Å². The smallest absolute Gasteiger partial charge is 0.309 e. The molecule has 0 unspecified atom stereocenters. The van der Waals surface area contributed by atoms with E-state index in [1.807, 2.05) is 36.4 Å². The molecule has 0 saturated heterocycles. The van der Waals surface area contributed by atoms with Crippen LogP contribution < -0.4 is 23.2 Å². The van der Waals surface area contributed by atoms with Gasteiger partial charge in [0.05, 0.1) is 0 Å². The molecule has 0 aliphatic carbocycles. The third kappa shape index (κ3) is 7.55. The van der Waals surface area contributed by atoms with Gasteiger partial charge in [-0.25, -0.2) is 18.6 Å². The lowest BCUT2D eigenvalue weighted by Gasteiger charge is -2.17. The number of halogens is 1. The maximum atomic E-state index is 11.1. The van der Waals surface area contributed by atoms with Gasteiger partial charge in [-0.15, -0.1) is 10.2 Å². The summed E-state index contributed by atoms with van der Waals surface area (Å²) in [5.41, 5.74) is 5.62. The van der Waals surface area contributed by atoms with Crippen molar-refractivity contribution < 1.29 is 43.3 Å². The predicted molar refractivity (Wildman–Crippen MR) is 99.1 cm³/mol. The van der Waals surface area contributed by atoms with E-state index in [-0.39, 0.29) is 6.42 Å². The standard InChI is InChI=1S/C22H21NO2.ClHO4/c1-2-20-15-19(17-9-5-3-6-10-17)16-21(18-11-7-4-8-12-18)23(20)14-13-22(24)25;2-1(3,4)5/h3-12,15-16H,2,13-14H2,1H3;(H,2,3,4,5). The Morgan fingerprint density at radius 2 is 1.37 bits per heavy atom. The fraction of sp³-hybridized carbons (Fsp3) is 0.182. The van der Waals surface area contributed by atoms with Crippen molar-refractivity contribution in [3.05, 3.63) is 78.5 Å². The Morgan fingerprint density at radius 3 is 1.83 bits per heavy atom. The molecule has 0 aliphatic heterocycles. The van der Waals surface area contributed by atoms with Crippen LogP contribution in [0.25, 0.3) is 22.4 Å². The molecule has 8 heteroatoms. The number of aromatic nitrogens is 1. The van der Waals surface area contributed by atoms with Gasteiger partial charge < -0.3 is 5.11 Å². The van der Waals surface area contributed by atoms with Crippen LogP contribution in [0.2, 0.25) is 0 Å². The Morgan fingerprint density at radius 1 is 0.867 bits per heavy atom. The van der Waals surface area contributed by atoms with Gasteiger partial charge in [-0.05, 0) is 23.3 Å². The van der Waals surface area contributed by atoms with Crippen molar-refractivity contribution in [2.24, 2.45) is 0 Å². The number of rotatable bonds is 6. The van der Waals surface area contributed by atoms with Crippen molar-refractivity contribution in [2.75, 3.05) is 0 Å². The van der Waals surface area contributed by atoms with Crippen LogP contribution in [0, 0.1) is 10.2 Å². The molecule has 1 N–H and O–H groups in total. The summed E-state index contributed by atoms with van der Waals surface area (Å²) in [5, 5.41) is 9.12. The van der Waals surface area contributed by atoms with Crippen molar-refractivity contribution in [3.8, 4) is 22.4 Å². The first-order valence-electron chi connectivity index (χ1n) is 9.20. The minimum atomic E-state index is -4.94. The molecular weight excluding hydrogens is 410 g/mol. The summed E-state index contributed by atoms with van der Waals surface area (Å²) in [5.74, 6) is -0.777. The quantitative estimate of drug-likeness (QED) is 0.527. The van der Waals surface area contributed by atoms with E-state index in [1.54, 1.807) is 0 Å². The van der Waals surface area contributed by atoms with Crippen LogP contribution in [0.4, 0.5) is 0 Å². The van der Waals surface area contributed by atoms with Crippen molar-refractivity contribution in [1.82, 2.24) is 0 Å². The monoisotopic (exact) mass is 431 g/mol. The molecule has 0 aliphatic rings. The molecule has 0 bridgehead atoms. The van der Waals surface area contributed by atoms with Gasteiger partial charge in [0.25, 0.3) is 0 Å². The molecule has 158 valence electrons. The van der Waals surface area contributed by atoms with E-state index in [0.717, 1.165) is 28.9 Å². The average Bonchev–Trinajstić information content (AvgIpc) is 2.71. The Kier molecular flexibility index (Phi) is 8.46. The zero-order valence-electron chi connectivity index (χ0n) is 16.4. The van der Waals surface area contributed by atoms with Crippen molar-refractivity contribution in [2.45, 2.75) is 26.3 Å². The van der Waals surface area contributed by atoms with E-state index in [2.05, 4.69) is 47.9 Å². The van der Waals surface area contributed by atoms with Crippen LogP contribution in [0.1, 0.15) is 19.0 Å². The van der Waals surface area contributed by atoms with Crippen LogP contribution >= 0.6 is 0 Å². The minimum Gasteiger partial charge on any atom is -0.481 e. The summed E-state index contributed by atoms with van der Waals surface area (Å²) in [6.07, 6.45) is 0.961.